The molecule has 0 radical (unpaired) electrons. The first-order chi connectivity index (χ1) is 14.3. The second-order valence-corrected chi connectivity index (χ2v) is 7.43. The van der Waals surface area contributed by atoms with Crippen molar-refractivity contribution in [3.05, 3.63) is 70.2 Å². The fraction of sp³-hybridized carbons (Fsp3) is 0.143. The van der Waals surface area contributed by atoms with E-state index in [1.807, 2.05) is 0 Å². The number of rotatable bonds is 4. The van der Waals surface area contributed by atoms with E-state index in [-0.39, 0.29) is 18.1 Å². The van der Waals surface area contributed by atoms with Gasteiger partial charge in [0.1, 0.15) is 22.4 Å². The summed E-state index contributed by atoms with van der Waals surface area (Å²) in [6.45, 7) is 0.135. The first-order valence-electron chi connectivity index (χ1n) is 8.84. The first-order valence-corrected chi connectivity index (χ1v) is 9.72. The number of ether oxygens (including phenoxy) is 1. The summed E-state index contributed by atoms with van der Waals surface area (Å²) in [6, 6.07) is 11.9. The number of methoxy groups -OCH3 is 1. The second-order valence-electron chi connectivity index (χ2n) is 6.57. The minimum atomic E-state index is -4.40. The van der Waals surface area contributed by atoms with E-state index in [2.05, 4.69) is 4.98 Å². The Morgan fingerprint density at radius 3 is 2.37 bits per heavy atom. The van der Waals surface area contributed by atoms with Crippen molar-refractivity contribution in [3.63, 3.8) is 0 Å². The van der Waals surface area contributed by atoms with Gasteiger partial charge >= 0.3 is 6.18 Å². The van der Waals surface area contributed by atoms with Gasteiger partial charge in [-0.15, -0.1) is 11.3 Å². The summed E-state index contributed by atoms with van der Waals surface area (Å²) in [4.78, 5) is 6.08. The van der Waals surface area contributed by atoms with E-state index >= 15 is 0 Å². The molecule has 5 nitrogen and oxygen atoms in total. The molecule has 0 saturated heterocycles. The van der Waals surface area contributed by atoms with Crippen molar-refractivity contribution >= 4 is 28.4 Å². The predicted octanol–water partition coefficient (Wildman–Crippen LogP) is 5.60. The quantitative estimate of drug-likeness (QED) is 0.564. The first kappa shape index (κ1) is 20.0. The molecule has 1 aliphatic rings. The molecule has 3 aromatic rings. The maximum atomic E-state index is 12.8. The maximum Gasteiger partial charge on any atom is 0.416 e. The van der Waals surface area contributed by atoms with Gasteiger partial charge in [-0.25, -0.2) is 4.98 Å². The molecule has 1 aliphatic heterocycles. The Labute approximate surface area is 174 Å². The molecule has 0 atom stereocenters. The molecule has 30 heavy (non-hydrogen) atoms. The number of anilines is 1. The van der Waals surface area contributed by atoms with Crippen molar-refractivity contribution in [2.45, 2.75) is 6.18 Å². The van der Waals surface area contributed by atoms with Gasteiger partial charge in [-0.3, -0.25) is 5.41 Å². The average molecular weight is 431 g/mol. The number of hydrogen-bond donors (Lipinski definition) is 2. The van der Waals surface area contributed by atoms with Crippen LogP contribution in [0, 0.1) is 5.41 Å². The van der Waals surface area contributed by atoms with Crippen LogP contribution >= 0.6 is 11.3 Å². The van der Waals surface area contributed by atoms with Crippen LogP contribution in [0.1, 0.15) is 10.6 Å². The fourth-order valence-corrected chi connectivity index (χ4v) is 4.03. The zero-order chi connectivity index (χ0) is 21.5. The summed E-state index contributed by atoms with van der Waals surface area (Å²) in [7, 11) is 1.56. The number of amidine groups is 1. The molecular formula is C21H16F3N3O2S. The van der Waals surface area contributed by atoms with E-state index in [4.69, 9.17) is 10.1 Å². The molecular weight excluding hydrogens is 415 g/mol. The van der Waals surface area contributed by atoms with Gasteiger partial charge in [0.05, 0.1) is 30.5 Å². The third kappa shape index (κ3) is 3.63. The van der Waals surface area contributed by atoms with Crippen molar-refractivity contribution in [1.82, 2.24) is 4.98 Å². The van der Waals surface area contributed by atoms with Gasteiger partial charge in [0.15, 0.2) is 0 Å². The molecule has 0 bridgehead atoms. The predicted molar refractivity (Wildman–Crippen MR) is 110 cm³/mol. The van der Waals surface area contributed by atoms with Crippen molar-refractivity contribution in [1.29, 1.82) is 5.41 Å². The highest BCUT2D eigenvalue weighted by Crippen LogP contribution is 2.36. The Hall–Kier alpha value is -3.33. The van der Waals surface area contributed by atoms with Crippen LogP contribution in [0.2, 0.25) is 0 Å². The smallest absolute Gasteiger partial charge is 0.416 e. The van der Waals surface area contributed by atoms with Crippen LogP contribution in [0.15, 0.2) is 59.7 Å². The number of alkyl halides is 3. The van der Waals surface area contributed by atoms with E-state index in [0.717, 1.165) is 17.8 Å². The van der Waals surface area contributed by atoms with Gasteiger partial charge in [0, 0.05) is 16.6 Å². The third-order valence-corrected chi connectivity index (χ3v) is 5.57. The highest BCUT2D eigenvalue weighted by Gasteiger charge is 2.32. The minimum absolute atomic E-state index is 0.0177. The summed E-state index contributed by atoms with van der Waals surface area (Å²) >= 11 is 1.22. The third-order valence-electron chi connectivity index (χ3n) is 4.71. The van der Waals surface area contributed by atoms with E-state index in [1.165, 1.54) is 23.5 Å². The lowest BCUT2D eigenvalue weighted by atomic mass is 10.1. The van der Waals surface area contributed by atoms with E-state index in [9.17, 15) is 18.3 Å². The van der Waals surface area contributed by atoms with Crippen molar-refractivity contribution in [3.8, 4) is 17.0 Å². The zero-order valence-electron chi connectivity index (χ0n) is 15.7. The van der Waals surface area contributed by atoms with Gasteiger partial charge in [-0.2, -0.15) is 13.2 Å². The summed E-state index contributed by atoms with van der Waals surface area (Å²) in [5.74, 6) is 0.804. The Bertz CT molecular complexity index is 1120. The van der Waals surface area contributed by atoms with Gasteiger partial charge < -0.3 is 14.7 Å². The Kier molecular flexibility index (Phi) is 4.98. The van der Waals surface area contributed by atoms with Gasteiger partial charge in [-0.1, -0.05) is 12.1 Å². The van der Waals surface area contributed by atoms with E-state index < -0.39 is 11.7 Å². The molecule has 0 saturated carbocycles. The highest BCUT2D eigenvalue weighted by atomic mass is 32.1. The largest absolute Gasteiger partial charge is 0.510 e. The van der Waals surface area contributed by atoms with Crippen LogP contribution in [-0.4, -0.2) is 29.6 Å². The minimum Gasteiger partial charge on any atom is -0.510 e. The molecule has 0 amide bonds. The lowest BCUT2D eigenvalue weighted by Crippen LogP contribution is -2.25. The molecule has 0 unspecified atom stereocenters. The van der Waals surface area contributed by atoms with E-state index in [0.29, 0.717) is 27.6 Å². The normalized spacial score (nSPS) is 14.5. The van der Waals surface area contributed by atoms with Crippen molar-refractivity contribution < 1.29 is 23.0 Å². The number of benzene rings is 2. The number of aromatic nitrogens is 1. The Morgan fingerprint density at radius 2 is 1.77 bits per heavy atom. The number of hydrogen-bond acceptors (Lipinski definition) is 5. The van der Waals surface area contributed by atoms with Gasteiger partial charge in [0.25, 0.3) is 0 Å². The molecule has 9 heteroatoms. The molecule has 2 N–H and O–H groups in total. The number of halogens is 3. The molecule has 0 fully saturated rings. The lowest BCUT2D eigenvalue weighted by Gasteiger charge is -2.18. The van der Waals surface area contributed by atoms with Gasteiger partial charge in [0.2, 0.25) is 0 Å². The highest BCUT2D eigenvalue weighted by molar-refractivity contribution is 7.11. The average Bonchev–Trinajstić information content (AvgIpc) is 3.32. The topological polar surface area (TPSA) is 69.4 Å². The molecule has 4 rings (SSSR count). The summed E-state index contributed by atoms with van der Waals surface area (Å²) in [6.07, 6.45) is -4.40. The zero-order valence-corrected chi connectivity index (χ0v) is 16.5. The Balaban J connectivity index is 1.58. The standard InChI is InChI=1S/C21H16F3N3O2S/c1-29-15-8-6-14(7-9-15)27-10-17(28)18(19(27)25)20-26-16(11-30-20)12-2-4-13(5-3-12)21(22,23)24/h2-9,11,25,28H,10H2,1H3. The molecule has 1 aromatic heterocycles. The fourth-order valence-electron chi connectivity index (χ4n) is 3.14. The van der Waals surface area contributed by atoms with Crippen LogP contribution < -0.4 is 9.64 Å². The number of nitrogens with zero attached hydrogens (tertiary/aromatic N) is 2. The molecule has 2 heterocycles. The van der Waals surface area contributed by atoms with Crippen LogP contribution in [0.4, 0.5) is 18.9 Å². The second kappa shape index (κ2) is 7.49. The number of aliphatic hydroxyl groups excluding tert-OH is 1. The molecule has 2 aromatic carbocycles. The van der Waals surface area contributed by atoms with Crippen LogP contribution in [-0.2, 0) is 6.18 Å². The summed E-state index contributed by atoms with van der Waals surface area (Å²) < 4.78 is 43.4. The lowest BCUT2D eigenvalue weighted by molar-refractivity contribution is -0.137. The number of nitrogens with one attached hydrogen (secondary N) is 1. The molecule has 0 aliphatic carbocycles. The SMILES string of the molecule is COc1ccc(N2CC(O)=C(c3nc(-c4ccc(C(F)(F)F)cc4)cs3)C2=N)cc1. The monoisotopic (exact) mass is 431 g/mol. The van der Waals surface area contributed by atoms with Crippen molar-refractivity contribution in [2.75, 3.05) is 18.6 Å². The Morgan fingerprint density at radius 1 is 1.10 bits per heavy atom. The molecule has 154 valence electrons. The number of aliphatic hydroxyl groups is 1. The summed E-state index contributed by atoms with van der Waals surface area (Å²) in [5.41, 5.74) is 1.33. The van der Waals surface area contributed by atoms with Crippen molar-refractivity contribution in [2.24, 2.45) is 0 Å². The summed E-state index contributed by atoms with van der Waals surface area (Å²) in [5, 5.41) is 21.1. The maximum absolute atomic E-state index is 12.8. The number of thiazole rings is 1. The van der Waals surface area contributed by atoms with Crippen LogP contribution in [0.5, 0.6) is 5.75 Å². The molecule has 0 spiro atoms. The van der Waals surface area contributed by atoms with Crippen LogP contribution in [0.25, 0.3) is 16.8 Å². The van der Waals surface area contributed by atoms with Crippen LogP contribution in [0.3, 0.4) is 0 Å². The van der Waals surface area contributed by atoms with E-state index in [1.54, 1.807) is 41.7 Å². The van der Waals surface area contributed by atoms with Gasteiger partial charge in [-0.05, 0) is 36.4 Å².